The third-order valence-corrected chi connectivity index (χ3v) is 9.06. The first-order valence-electron chi connectivity index (χ1n) is 12.4. The highest BCUT2D eigenvalue weighted by Gasteiger charge is 2.33. The summed E-state index contributed by atoms with van der Waals surface area (Å²) in [5.41, 5.74) is 5.87. The van der Waals surface area contributed by atoms with Crippen molar-refractivity contribution in [2.75, 3.05) is 6.54 Å². The molecule has 1 aliphatic rings. The third kappa shape index (κ3) is 4.65. The molecule has 0 radical (unpaired) electrons. The molecule has 9 nitrogen and oxygen atoms in total. The van der Waals surface area contributed by atoms with Crippen LogP contribution in [0.5, 0.6) is 5.75 Å². The van der Waals surface area contributed by atoms with Crippen LogP contribution >= 0.6 is 0 Å². The average Bonchev–Trinajstić information content (AvgIpc) is 3.21. The Bertz CT molecular complexity index is 1650. The molecular weight excluding hydrogens is 504 g/mol. The molecule has 38 heavy (non-hydrogen) atoms. The van der Waals surface area contributed by atoms with Crippen LogP contribution in [-0.2, 0) is 28.4 Å². The molecule has 0 saturated heterocycles. The van der Waals surface area contributed by atoms with E-state index in [9.17, 15) is 18.3 Å². The van der Waals surface area contributed by atoms with Gasteiger partial charge in [0, 0.05) is 19.5 Å². The van der Waals surface area contributed by atoms with Gasteiger partial charge in [0.15, 0.2) is 0 Å². The molecule has 2 heterocycles. The average molecular weight is 535 g/mol. The number of hydrogen-bond acceptors (Lipinski definition) is 6. The lowest BCUT2D eigenvalue weighted by molar-refractivity contribution is -0.137. The summed E-state index contributed by atoms with van der Waals surface area (Å²) in [6.45, 7) is 6.05. The van der Waals surface area contributed by atoms with E-state index in [-0.39, 0.29) is 30.5 Å². The molecule has 0 amide bonds. The summed E-state index contributed by atoms with van der Waals surface area (Å²) >= 11 is 0. The zero-order chi connectivity index (χ0) is 27.2. The molecule has 0 aliphatic carbocycles. The first kappa shape index (κ1) is 25.9. The van der Waals surface area contributed by atoms with E-state index in [1.54, 1.807) is 28.9 Å². The van der Waals surface area contributed by atoms with E-state index in [1.807, 2.05) is 58.2 Å². The minimum Gasteiger partial charge on any atom is -0.488 e. The van der Waals surface area contributed by atoms with Crippen molar-refractivity contribution >= 4 is 27.0 Å². The fourth-order valence-corrected chi connectivity index (χ4v) is 6.78. The van der Waals surface area contributed by atoms with E-state index < -0.39 is 21.9 Å². The number of fused-ring (bicyclic) bond motifs is 2. The van der Waals surface area contributed by atoms with Gasteiger partial charge >= 0.3 is 5.97 Å². The van der Waals surface area contributed by atoms with E-state index in [0.29, 0.717) is 5.75 Å². The lowest BCUT2D eigenvalue weighted by atomic mass is 9.84. The number of aryl methyl sites for hydroxylation is 3. The largest absolute Gasteiger partial charge is 0.488 e. The maximum atomic E-state index is 13.6. The van der Waals surface area contributed by atoms with Crippen molar-refractivity contribution in [2.45, 2.75) is 50.7 Å². The smallest absolute Gasteiger partial charge is 0.304 e. The monoisotopic (exact) mass is 534 g/mol. The summed E-state index contributed by atoms with van der Waals surface area (Å²) in [6.07, 6.45) is -0.451. The number of hydrogen-bond donors (Lipinski definition) is 1. The van der Waals surface area contributed by atoms with Crippen LogP contribution in [0.1, 0.15) is 47.1 Å². The van der Waals surface area contributed by atoms with Gasteiger partial charge in [0.25, 0.3) is 0 Å². The quantitative estimate of drug-likeness (QED) is 0.395. The molecule has 3 aromatic carbocycles. The van der Waals surface area contributed by atoms with Gasteiger partial charge in [-0.15, -0.1) is 5.10 Å². The minimum absolute atomic E-state index is 0.116. The first-order valence-corrected chi connectivity index (χ1v) is 13.9. The summed E-state index contributed by atoms with van der Waals surface area (Å²) in [5.74, 6) is -1.01. The van der Waals surface area contributed by atoms with Crippen LogP contribution in [0, 0.1) is 13.8 Å². The van der Waals surface area contributed by atoms with Crippen molar-refractivity contribution in [1.29, 1.82) is 0 Å². The van der Waals surface area contributed by atoms with Gasteiger partial charge in [0.2, 0.25) is 10.0 Å². The van der Waals surface area contributed by atoms with Crippen LogP contribution in [0.4, 0.5) is 0 Å². The summed E-state index contributed by atoms with van der Waals surface area (Å²) in [7, 11) is -1.99. The zero-order valence-electron chi connectivity index (χ0n) is 21.7. The number of carboxylic acid groups (broad SMARTS) is 1. The maximum absolute atomic E-state index is 13.6. The highest BCUT2D eigenvalue weighted by molar-refractivity contribution is 7.89. The second kappa shape index (κ2) is 9.85. The van der Waals surface area contributed by atoms with Gasteiger partial charge in [-0.2, -0.15) is 4.31 Å². The Hall–Kier alpha value is -3.76. The second-order valence-electron chi connectivity index (χ2n) is 9.87. The van der Waals surface area contributed by atoms with Crippen LogP contribution in [0.3, 0.4) is 0 Å². The maximum Gasteiger partial charge on any atom is 0.304 e. The number of aliphatic carboxylic acids is 1. The number of nitrogens with zero attached hydrogens (tertiary/aromatic N) is 4. The number of carboxylic acids is 1. The van der Waals surface area contributed by atoms with Crippen molar-refractivity contribution in [2.24, 2.45) is 7.05 Å². The van der Waals surface area contributed by atoms with E-state index in [2.05, 4.69) is 10.3 Å². The van der Waals surface area contributed by atoms with Crippen molar-refractivity contribution in [3.8, 4) is 5.75 Å². The standard InChI is InChI=1S/C28H30N4O5S/c1-17-9-10-20(23(14-27(33)34)22-11-12-24-28(19(22)3)29-30-31(24)4)13-21(17)16-32-15-18(2)37-25-7-5-6-8-26(25)38(32,35)36/h5-13,18,23H,14-16H2,1-4H3,(H,33,34)/t18-,23+/m1/s1. The second-order valence-corrected chi connectivity index (χ2v) is 11.8. The SMILES string of the molecule is Cc1ccc([C@H](CC(=O)O)c2ccc3c(nnn3C)c2C)cc1CN1C[C@@H](C)Oc2ccccc2S1(=O)=O. The lowest BCUT2D eigenvalue weighted by Gasteiger charge is -2.24. The topological polar surface area (TPSA) is 115 Å². The van der Waals surface area contributed by atoms with E-state index >= 15 is 0 Å². The Morgan fingerprint density at radius 3 is 2.68 bits per heavy atom. The molecule has 1 aliphatic heterocycles. The van der Waals surface area contributed by atoms with Crippen molar-refractivity contribution < 1.29 is 23.1 Å². The van der Waals surface area contributed by atoms with Gasteiger partial charge in [-0.1, -0.05) is 41.6 Å². The van der Waals surface area contributed by atoms with Crippen LogP contribution in [-0.4, -0.2) is 51.4 Å². The number of benzene rings is 3. The lowest BCUT2D eigenvalue weighted by Crippen LogP contribution is -2.35. The fraction of sp³-hybridized carbons (Fsp3) is 0.321. The highest BCUT2D eigenvalue weighted by Crippen LogP contribution is 2.36. The number of carbonyl (C=O) groups is 1. The van der Waals surface area contributed by atoms with E-state index in [1.165, 1.54) is 4.31 Å². The third-order valence-electron chi connectivity index (χ3n) is 7.21. The zero-order valence-corrected chi connectivity index (χ0v) is 22.6. The van der Waals surface area contributed by atoms with Crippen molar-refractivity contribution in [1.82, 2.24) is 19.3 Å². The highest BCUT2D eigenvalue weighted by atomic mass is 32.2. The van der Waals surface area contributed by atoms with Crippen molar-refractivity contribution in [3.05, 3.63) is 82.4 Å². The van der Waals surface area contributed by atoms with Crippen LogP contribution in [0.15, 0.2) is 59.5 Å². The fourth-order valence-electron chi connectivity index (χ4n) is 5.16. The van der Waals surface area contributed by atoms with Gasteiger partial charge < -0.3 is 9.84 Å². The van der Waals surface area contributed by atoms with E-state index in [4.69, 9.17) is 4.74 Å². The Balaban J connectivity index is 1.56. The predicted octanol–water partition coefficient (Wildman–Crippen LogP) is 4.16. The van der Waals surface area contributed by atoms with Gasteiger partial charge in [-0.3, -0.25) is 4.79 Å². The van der Waals surface area contributed by atoms with Gasteiger partial charge in [0.05, 0.1) is 18.5 Å². The molecule has 0 unspecified atom stereocenters. The Morgan fingerprint density at radius 2 is 1.92 bits per heavy atom. The minimum atomic E-state index is -3.80. The summed E-state index contributed by atoms with van der Waals surface area (Å²) in [6, 6.07) is 16.3. The molecule has 4 aromatic rings. The molecular formula is C28H30N4O5S. The van der Waals surface area contributed by atoms with Crippen molar-refractivity contribution in [3.63, 3.8) is 0 Å². The van der Waals surface area contributed by atoms with Gasteiger partial charge in [0.1, 0.15) is 22.3 Å². The first-order chi connectivity index (χ1) is 18.1. The van der Waals surface area contributed by atoms with Crippen LogP contribution < -0.4 is 4.74 Å². The number of aromatic nitrogens is 3. The Labute approximate surface area is 221 Å². The molecule has 2 atom stereocenters. The predicted molar refractivity (Wildman–Crippen MR) is 143 cm³/mol. The molecule has 0 fully saturated rings. The molecule has 1 aromatic heterocycles. The van der Waals surface area contributed by atoms with Gasteiger partial charge in [-0.05, 0) is 66.8 Å². The van der Waals surface area contributed by atoms with Crippen LogP contribution in [0.2, 0.25) is 0 Å². The molecule has 1 N–H and O–H groups in total. The molecule has 198 valence electrons. The number of para-hydroxylation sites is 1. The summed E-state index contributed by atoms with van der Waals surface area (Å²) in [5, 5.41) is 18.2. The molecule has 10 heteroatoms. The summed E-state index contributed by atoms with van der Waals surface area (Å²) in [4.78, 5) is 12.1. The summed E-state index contributed by atoms with van der Waals surface area (Å²) < 4.78 is 36.2. The molecule has 0 bridgehead atoms. The Kier molecular flexibility index (Phi) is 6.70. The Morgan fingerprint density at radius 1 is 1.16 bits per heavy atom. The normalized spacial score (nSPS) is 17.9. The molecule has 5 rings (SSSR count). The van der Waals surface area contributed by atoms with E-state index in [0.717, 1.165) is 38.9 Å². The van der Waals surface area contributed by atoms with Gasteiger partial charge in [-0.25, -0.2) is 13.1 Å². The van der Waals surface area contributed by atoms with Crippen LogP contribution in [0.25, 0.3) is 11.0 Å². The number of sulfonamides is 1. The molecule has 0 saturated carbocycles. The molecule has 0 spiro atoms. The number of ether oxygens (including phenoxy) is 1. The number of rotatable bonds is 6.